The quantitative estimate of drug-likeness (QED) is 0.826. The lowest BCUT2D eigenvalue weighted by Gasteiger charge is -2.27. The van der Waals surface area contributed by atoms with Crippen molar-refractivity contribution in [2.75, 3.05) is 33.7 Å². The average Bonchev–Trinajstić information content (AvgIpc) is 2.98. The van der Waals surface area contributed by atoms with Crippen LogP contribution < -0.4 is 5.32 Å². The van der Waals surface area contributed by atoms with Gasteiger partial charge in [-0.05, 0) is 51.2 Å². The molecule has 0 spiro atoms. The van der Waals surface area contributed by atoms with Crippen LogP contribution in [0.25, 0.3) is 0 Å². The summed E-state index contributed by atoms with van der Waals surface area (Å²) in [6.45, 7) is 5.05. The van der Waals surface area contributed by atoms with Crippen molar-refractivity contribution in [2.45, 2.75) is 37.2 Å². The lowest BCUT2D eigenvalue weighted by molar-refractivity contribution is 0.335. The summed E-state index contributed by atoms with van der Waals surface area (Å²) in [7, 11) is 0.589. The highest BCUT2D eigenvalue weighted by atomic mass is 32.2. The Morgan fingerprint density at radius 2 is 1.91 bits per heavy atom. The van der Waals surface area contributed by atoms with Gasteiger partial charge in [-0.1, -0.05) is 19.1 Å². The van der Waals surface area contributed by atoms with E-state index in [1.54, 1.807) is 16.4 Å². The Labute approximate surface area is 134 Å². The predicted octanol–water partition coefficient (Wildman–Crippen LogP) is 1.51. The number of hydrogen-bond acceptors (Lipinski definition) is 4. The molecule has 0 amide bonds. The van der Waals surface area contributed by atoms with Crippen LogP contribution in [0.2, 0.25) is 0 Å². The van der Waals surface area contributed by atoms with Gasteiger partial charge < -0.3 is 10.2 Å². The third-order valence-electron chi connectivity index (χ3n) is 3.91. The second-order valence-corrected chi connectivity index (χ2v) is 8.03. The zero-order chi connectivity index (χ0) is 16.2. The first-order valence-corrected chi connectivity index (χ1v) is 9.35. The Kier molecular flexibility index (Phi) is 5.97. The van der Waals surface area contributed by atoms with Crippen LogP contribution in [0.4, 0.5) is 0 Å². The van der Waals surface area contributed by atoms with Crippen LogP contribution in [0, 0.1) is 0 Å². The number of nitrogens with one attached hydrogen (secondary N) is 1. The summed E-state index contributed by atoms with van der Waals surface area (Å²) in [5.41, 5.74) is 1.12. The molecule has 1 aromatic carbocycles. The Balaban J connectivity index is 2.22. The molecule has 0 aromatic heterocycles. The van der Waals surface area contributed by atoms with Crippen molar-refractivity contribution < 1.29 is 8.42 Å². The van der Waals surface area contributed by atoms with Crippen molar-refractivity contribution in [3.8, 4) is 0 Å². The molecule has 1 aliphatic heterocycles. The van der Waals surface area contributed by atoms with E-state index in [1.165, 1.54) is 0 Å². The largest absolute Gasteiger partial charge is 0.315 e. The summed E-state index contributed by atoms with van der Waals surface area (Å²) >= 11 is 0. The predicted molar refractivity (Wildman–Crippen MR) is 89.3 cm³/mol. The van der Waals surface area contributed by atoms with Gasteiger partial charge in [-0.15, -0.1) is 0 Å². The number of rotatable bonds is 7. The summed E-state index contributed by atoms with van der Waals surface area (Å²) in [4.78, 5) is 2.47. The van der Waals surface area contributed by atoms with Gasteiger partial charge in [0.05, 0.1) is 4.90 Å². The van der Waals surface area contributed by atoms with E-state index in [1.807, 2.05) is 33.2 Å². The smallest absolute Gasteiger partial charge is 0.243 e. The molecule has 1 unspecified atom stereocenters. The highest BCUT2D eigenvalue weighted by Gasteiger charge is 2.32. The topological polar surface area (TPSA) is 52.7 Å². The van der Waals surface area contributed by atoms with Crippen LogP contribution in [0.15, 0.2) is 29.2 Å². The van der Waals surface area contributed by atoms with Crippen molar-refractivity contribution in [2.24, 2.45) is 0 Å². The molecule has 0 bridgehead atoms. The van der Waals surface area contributed by atoms with Crippen molar-refractivity contribution in [3.05, 3.63) is 29.8 Å². The molecule has 0 radical (unpaired) electrons. The summed E-state index contributed by atoms with van der Waals surface area (Å²) in [5, 5.41) is 3.25. The maximum absolute atomic E-state index is 12.9. The molecule has 124 valence electrons. The first kappa shape index (κ1) is 17.4. The SMILES string of the molecule is CCCN(C1CCNC1)S(=O)(=O)c1ccc(CN(C)C)cc1. The van der Waals surface area contributed by atoms with Gasteiger partial charge in [-0.2, -0.15) is 4.31 Å². The molecule has 0 aliphatic carbocycles. The number of sulfonamides is 1. The molecule has 1 saturated heterocycles. The van der Waals surface area contributed by atoms with E-state index in [0.29, 0.717) is 11.4 Å². The first-order valence-electron chi connectivity index (χ1n) is 7.91. The normalized spacial score (nSPS) is 19.2. The van der Waals surface area contributed by atoms with Crippen LogP contribution in [0.3, 0.4) is 0 Å². The minimum absolute atomic E-state index is 0.0754. The van der Waals surface area contributed by atoms with Crippen molar-refractivity contribution in [1.82, 2.24) is 14.5 Å². The molecule has 1 aliphatic rings. The van der Waals surface area contributed by atoms with Gasteiger partial charge in [0, 0.05) is 25.7 Å². The number of hydrogen-bond donors (Lipinski definition) is 1. The molecule has 22 heavy (non-hydrogen) atoms. The third-order valence-corrected chi connectivity index (χ3v) is 5.88. The fourth-order valence-corrected chi connectivity index (χ4v) is 4.62. The first-order chi connectivity index (χ1) is 10.4. The lowest BCUT2D eigenvalue weighted by Crippen LogP contribution is -2.41. The van der Waals surface area contributed by atoms with Crippen molar-refractivity contribution in [3.63, 3.8) is 0 Å². The molecule has 1 fully saturated rings. The monoisotopic (exact) mass is 325 g/mol. The van der Waals surface area contributed by atoms with Gasteiger partial charge in [0.1, 0.15) is 0 Å². The molecular weight excluding hydrogens is 298 g/mol. The second kappa shape index (κ2) is 7.55. The van der Waals surface area contributed by atoms with Gasteiger partial charge in [-0.3, -0.25) is 0 Å². The Morgan fingerprint density at radius 1 is 1.23 bits per heavy atom. The van der Waals surface area contributed by atoms with Gasteiger partial charge in [-0.25, -0.2) is 8.42 Å². The summed E-state index contributed by atoms with van der Waals surface area (Å²) in [6.07, 6.45) is 1.71. The lowest BCUT2D eigenvalue weighted by atomic mass is 10.2. The molecule has 1 heterocycles. The maximum Gasteiger partial charge on any atom is 0.243 e. The van der Waals surface area contributed by atoms with E-state index < -0.39 is 10.0 Å². The standard InChI is InChI=1S/C16H27N3O2S/c1-4-11-19(15-9-10-17-12-15)22(20,21)16-7-5-14(6-8-16)13-18(2)3/h5-8,15,17H,4,9-13H2,1-3H3. The van der Waals surface area contributed by atoms with E-state index >= 15 is 0 Å². The molecule has 1 N–H and O–H groups in total. The minimum Gasteiger partial charge on any atom is -0.315 e. The zero-order valence-electron chi connectivity index (χ0n) is 13.7. The number of benzene rings is 1. The van der Waals surface area contributed by atoms with E-state index in [-0.39, 0.29) is 6.04 Å². The van der Waals surface area contributed by atoms with Gasteiger partial charge >= 0.3 is 0 Å². The Hall–Kier alpha value is -0.950. The molecule has 1 aromatic rings. The summed E-state index contributed by atoms with van der Waals surface area (Å²) < 4.78 is 27.5. The molecular formula is C16H27N3O2S. The summed E-state index contributed by atoms with van der Waals surface area (Å²) in [5.74, 6) is 0. The third kappa shape index (κ3) is 4.07. The van der Waals surface area contributed by atoms with Gasteiger partial charge in [0.15, 0.2) is 0 Å². The molecule has 0 saturated carbocycles. The van der Waals surface area contributed by atoms with E-state index in [9.17, 15) is 8.42 Å². The fourth-order valence-electron chi connectivity index (χ4n) is 2.87. The molecule has 6 heteroatoms. The van der Waals surface area contributed by atoms with Gasteiger partial charge in [0.2, 0.25) is 10.0 Å². The Bertz CT molecular complexity index is 564. The van der Waals surface area contributed by atoms with E-state index in [0.717, 1.165) is 38.0 Å². The van der Waals surface area contributed by atoms with Gasteiger partial charge in [0.25, 0.3) is 0 Å². The molecule has 1 atom stereocenters. The van der Waals surface area contributed by atoms with E-state index in [4.69, 9.17) is 0 Å². The van der Waals surface area contributed by atoms with Crippen molar-refractivity contribution in [1.29, 1.82) is 0 Å². The van der Waals surface area contributed by atoms with Crippen LogP contribution in [-0.4, -0.2) is 57.4 Å². The van der Waals surface area contributed by atoms with Crippen LogP contribution >= 0.6 is 0 Å². The average molecular weight is 325 g/mol. The summed E-state index contributed by atoms with van der Waals surface area (Å²) in [6, 6.07) is 7.36. The van der Waals surface area contributed by atoms with Crippen LogP contribution in [0.1, 0.15) is 25.3 Å². The maximum atomic E-state index is 12.9. The number of nitrogens with zero attached hydrogens (tertiary/aromatic N) is 2. The molecule has 5 nitrogen and oxygen atoms in total. The van der Waals surface area contributed by atoms with E-state index in [2.05, 4.69) is 10.2 Å². The second-order valence-electron chi connectivity index (χ2n) is 6.14. The fraction of sp³-hybridized carbons (Fsp3) is 0.625. The zero-order valence-corrected chi connectivity index (χ0v) is 14.6. The minimum atomic E-state index is -3.41. The Morgan fingerprint density at radius 3 is 2.41 bits per heavy atom. The molecule has 2 rings (SSSR count). The van der Waals surface area contributed by atoms with Crippen LogP contribution in [0.5, 0.6) is 0 Å². The van der Waals surface area contributed by atoms with Crippen molar-refractivity contribution >= 4 is 10.0 Å². The van der Waals surface area contributed by atoms with Crippen LogP contribution in [-0.2, 0) is 16.6 Å². The highest BCUT2D eigenvalue weighted by molar-refractivity contribution is 7.89. The highest BCUT2D eigenvalue weighted by Crippen LogP contribution is 2.22.